The molecule has 2 N–H and O–H groups in total. The van der Waals surface area contributed by atoms with Crippen LogP contribution in [0.25, 0.3) is 0 Å². The topological polar surface area (TPSA) is 29.3 Å². The van der Waals surface area contributed by atoms with Gasteiger partial charge in [0.05, 0.1) is 0 Å². The number of rotatable bonds is 6. The SMILES string of the molecule is CN(CC1CC1)C(CN)c1cccc(C2CC2)c1. The molecule has 0 spiro atoms. The van der Waals surface area contributed by atoms with Crippen molar-refractivity contribution in [1.82, 2.24) is 4.90 Å². The summed E-state index contributed by atoms with van der Waals surface area (Å²) in [5.41, 5.74) is 8.93. The Bertz CT molecular complexity index is 407. The van der Waals surface area contributed by atoms with Crippen molar-refractivity contribution >= 4 is 0 Å². The molecule has 0 bridgehead atoms. The van der Waals surface area contributed by atoms with E-state index in [0.29, 0.717) is 6.04 Å². The van der Waals surface area contributed by atoms with Crippen LogP contribution in [-0.4, -0.2) is 25.0 Å². The molecule has 0 heterocycles. The molecule has 3 rings (SSSR count). The Morgan fingerprint density at radius 1 is 1.28 bits per heavy atom. The van der Waals surface area contributed by atoms with E-state index in [9.17, 15) is 0 Å². The van der Waals surface area contributed by atoms with Crippen LogP contribution in [0.4, 0.5) is 0 Å². The smallest absolute Gasteiger partial charge is 0.0467 e. The van der Waals surface area contributed by atoms with Gasteiger partial charge in [-0.15, -0.1) is 0 Å². The molecular formula is C16H24N2. The largest absolute Gasteiger partial charge is 0.329 e. The van der Waals surface area contributed by atoms with Gasteiger partial charge < -0.3 is 5.73 Å². The van der Waals surface area contributed by atoms with Crippen LogP contribution in [0, 0.1) is 5.92 Å². The fraction of sp³-hybridized carbons (Fsp3) is 0.625. The molecule has 18 heavy (non-hydrogen) atoms. The second-order valence-electron chi connectivity index (χ2n) is 6.08. The fourth-order valence-corrected chi connectivity index (χ4v) is 2.84. The maximum absolute atomic E-state index is 6.00. The molecule has 0 radical (unpaired) electrons. The third-order valence-corrected chi connectivity index (χ3v) is 4.34. The Kier molecular flexibility index (Phi) is 3.40. The van der Waals surface area contributed by atoms with E-state index in [4.69, 9.17) is 5.73 Å². The van der Waals surface area contributed by atoms with E-state index >= 15 is 0 Å². The number of nitrogens with two attached hydrogens (primary N) is 1. The minimum atomic E-state index is 0.393. The average molecular weight is 244 g/mol. The molecule has 1 aromatic carbocycles. The molecule has 0 saturated heterocycles. The zero-order valence-electron chi connectivity index (χ0n) is 11.3. The van der Waals surface area contributed by atoms with Gasteiger partial charge in [0.15, 0.2) is 0 Å². The number of nitrogens with zero attached hydrogens (tertiary/aromatic N) is 1. The van der Waals surface area contributed by atoms with Crippen molar-refractivity contribution in [3.63, 3.8) is 0 Å². The molecular weight excluding hydrogens is 220 g/mol. The van der Waals surface area contributed by atoms with Crippen LogP contribution in [-0.2, 0) is 0 Å². The Morgan fingerprint density at radius 2 is 2.06 bits per heavy atom. The number of benzene rings is 1. The first kappa shape index (κ1) is 12.2. The molecule has 0 aliphatic heterocycles. The van der Waals surface area contributed by atoms with Crippen molar-refractivity contribution < 1.29 is 0 Å². The summed E-state index contributed by atoms with van der Waals surface area (Å²) in [5, 5.41) is 0. The fourth-order valence-electron chi connectivity index (χ4n) is 2.84. The van der Waals surface area contributed by atoms with Crippen LogP contribution in [0.3, 0.4) is 0 Å². The van der Waals surface area contributed by atoms with Gasteiger partial charge in [0.25, 0.3) is 0 Å². The number of hydrogen-bond donors (Lipinski definition) is 1. The maximum atomic E-state index is 6.00. The second kappa shape index (κ2) is 5.02. The minimum absolute atomic E-state index is 0.393. The van der Waals surface area contributed by atoms with Gasteiger partial charge in [-0.2, -0.15) is 0 Å². The predicted octanol–water partition coefficient (Wildman–Crippen LogP) is 2.91. The zero-order valence-corrected chi connectivity index (χ0v) is 11.3. The summed E-state index contributed by atoms with van der Waals surface area (Å²) in [6, 6.07) is 9.50. The monoisotopic (exact) mass is 244 g/mol. The molecule has 2 fully saturated rings. The van der Waals surface area contributed by atoms with E-state index in [2.05, 4.69) is 36.2 Å². The Balaban J connectivity index is 1.74. The lowest BCUT2D eigenvalue weighted by molar-refractivity contribution is 0.240. The van der Waals surface area contributed by atoms with Gasteiger partial charge in [0.1, 0.15) is 0 Å². The van der Waals surface area contributed by atoms with Gasteiger partial charge in [0, 0.05) is 19.1 Å². The standard InChI is InChI=1S/C16H24N2/c1-18(11-12-5-6-12)16(10-17)15-4-2-3-14(9-15)13-7-8-13/h2-4,9,12-13,16H,5-8,10-11,17H2,1H3. The van der Waals surface area contributed by atoms with Gasteiger partial charge in [-0.05, 0) is 55.7 Å². The normalized spacial score (nSPS) is 21.3. The first-order valence-corrected chi connectivity index (χ1v) is 7.28. The quantitative estimate of drug-likeness (QED) is 0.833. The van der Waals surface area contributed by atoms with E-state index < -0.39 is 0 Å². The minimum Gasteiger partial charge on any atom is -0.329 e. The summed E-state index contributed by atoms with van der Waals surface area (Å²) in [7, 11) is 2.22. The van der Waals surface area contributed by atoms with Crippen LogP contribution in [0.2, 0.25) is 0 Å². The molecule has 2 aliphatic rings. The molecule has 1 atom stereocenters. The van der Waals surface area contributed by atoms with Gasteiger partial charge >= 0.3 is 0 Å². The number of likely N-dealkylation sites (N-methyl/N-ethyl adjacent to an activating group) is 1. The highest BCUT2D eigenvalue weighted by molar-refractivity contribution is 5.31. The summed E-state index contributed by atoms with van der Waals surface area (Å²) in [5.74, 6) is 1.76. The molecule has 98 valence electrons. The number of hydrogen-bond acceptors (Lipinski definition) is 2. The van der Waals surface area contributed by atoms with Crippen LogP contribution in [0.1, 0.15) is 48.8 Å². The van der Waals surface area contributed by atoms with Crippen molar-refractivity contribution in [2.45, 2.75) is 37.6 Å². The Hall–Kier alpha value is -0.860. The lowest BCUT2D eigenvalue weighted by atomic mass is 10.0. The van der Waals surface area contributed by atoms with Crippen LogP contribution in [0.15, 0.2) is 24.3 Å². The highest BCUT2D eigenvalue weighted by atomic mass is 15.1. The van der Waals surface area contributed by atoms with E-state index in [1.807, 2.05) is 0 Å². The summed E-state index contributed by atoms with van der Waals surface area (Å²) in [4.78, 5) is 2.45. The third kappa shape index (κ3) is 2.76. The molecule has 2 saturated carbocycles. The van der Waals surface area contributed by atoms with Crippen LogP contribution < -0.4 is 5.73 Å². The van der Waals surface area contributed by atoms with Crippen molar-refractivity contribution in [2.75, 3.05) is 20.1 Å². The van der Waals surface area contributed by atoms with Gasteiger partial charge in [0.2, 0.25) is 0 Å². The van der Waals surface area contributed by atoms with Crippen molar-refractivity contribution in [2.24, 2.45) is 11.7 Å². The van der Waals surface area contributed by atoms with E-state index in [1.165, 1.54) is 43.4 Å². The van der Waals surface area contributed by atoms with E-state index in [1.54, 1.807) is 0 Å². The highest BCUT2D eigenvalue weighted by Crippen LogP contribution is 2.41. The van der Waals surface area contributed by atoms with E-state index in [0.717, 1.165) is 18.4 Å². The highest BCUT2D eigenvalue weighted by Gasteiger charge is 2.27. The van der Waals surface area contributed by atoms with Crippen molar-refractivity contribution in [3.8, 4) is 0 Å². The molecule has 1 unspecified atom stereocenters. The van der Waals surface area contributed by atoms with Gasteiger partial charge in [-0.25, -0.2) is 0 Å². The van der Waals surface area contributed by atoms with Crippen LogP contribution >= 0.6 is 0 Å². The van der Waals surface area contributed by atoms with Crippen LogP contribution in [0.5, 0.6) is 0 Å². The molecule has 2 heteroatoms. The molecule has 2 aliphatic carbocycles. The predicted molar refractivity (Wildman–Crippen MR) is 75.6 cm³/mol. The Morgan fingerprint density at radius 3 is 2.67 bits per heavy atom. The second-order valence-corrected chi connectivity index (χ2v) is 6.08. The summed E-state index contributed by atoms with van der Waals surface area (Å²) >= 11 is 0. The summed E-state index contributed by atoms with van der Waals surface area (Å²) in [6.07, 6.45) is 5.55. The van der Waals surface area contributed by atoms with E-state index in [-0.39, 0.29) is 0 Å². The lowest BCUT2D eigenvalue weighted by Crippen LogP contribution is -2.32. The molecule has 1 aromatic rings. The lowest BCUT2D eigenvalue weighted by Gasteiger charge is -2.27. The summed E-state index contributed by atoms with van der Waals surface area (Å²) < 4.78 is 0. The van der Waals surface area contributed by atoms with Gasteiger partial charge in [-0.1, -0.05) is 24.3 Å². The average Bonchev–Trinajstić information content (AvgIpc) is 3.25. The molecule has 0 aromatic heterocycles. The van der Waals surface area contributed by atoms with Crippen molar-refractivity contribution in [1.29, 1.82) is 0 Å². The maximum Gasteiger partial charge on any atom is 0.0467 e. The summed E-state index contributed by atoms with van der Waals surface area (Å²) in [6.45, 7) is 1.92. The third-order valence-electron chi connectivity index (χ3n) is 4.34. The molecule has 2 nitrogen and oxygen atoms in total. The first-order valence-electron chi connectivity index (χ1n) is 7.28. The first-order chi connectivity index (χ1) is 8.78. The van der Waals surface area contributed by atoms with Crippen molar-refractivity contribution in [3.05, 3.63) is 35.4 Å². The molecule has 0 amide bonds. The Labute approximate surface area is 110 Å². The van der Waals surface area contributed by atoms with Gasteiger partial charge in [-0.3, -0.25) is 4.90 Å². The zero-order chi connectivity index (χ0) is 12.5.